The smallest absolute Gasteiger partial charge is 0.217 e. The van der Waals surface area contributed by atoms with Crippen molar-refractivity contribution in [3.8, 4) is 28.4 Å². The summed E-state index contributed by atoms with van der Waals surface area (Å²) in [6, 6.07) is 27.9. The Hall–Kier alpha value is -4.78. The number of hydrogen-bond donors (Lipinski definition) is 2. The summed E-state index contributed by atoms with van der Waals surface area (Å²) in [5.41, 5.74) is 6.18. The highest BCUT2D eigenvalue weighted by molar-refractivity contribution is 5.83. The third-order valence-corrected chi connectivity index (χ3v) is 8.07. The molecule has 4 aromatic carbocycles. The van der Waals surface area contributed by atoms with E-state index in [9.17, 15) is 9.59 Å². The molecule has 2 N–H and O–H groups in total. The lowest BCUT2D eigenvalue weighted by molar-refractivity contribution is -0.119. The maximum Gasteiger partial charge on any atom is 0.217 e. The number of methoxy groups -OCH3 is 3. The Kier molecular flexibility index (Phi) is 9.30. The Labute approximate surface area is 252 Å². The van der Waals surface area contributed by atoms with Gasteiger partial charge in [0.25, 0.3) is 0 Å². The maximum atomic E-state index is 13.7. The molecule has 7 heteroatoms. The molecule has 0 spiro atoms. The van der Waals surface area contributed by atoms with Gasteiger partial charge in [-0.2, -0.15) is 0 Å². The molecule has 1 aliphatic rings. The van der Waals surface area contributed by atoms with Gasteiger partial charge in [-0.15, -0.1) is 0 Å². The fourth-order valence-electron chi connectivity index (χ4n) is 6.10. The van der Waals surface area contributed by atoms with Crippen LogP contribution in [0.4, 0.5) is 5.69 Å². The summed E-state index contributed by atoms with van der Waals surface area (Å²) < 4.78 is 17.2. The summed E-state index contributed by atoms with van der Waals surface area (Å²) >= 11 is 0. The highest BCUT2D eigenvalue weighted by atomic mass is 16.5. The molecule has 0 aliphatic heterocycles. The fourth-order valence-corrected chi connectivity index (χ4v) is 6.10. The van der Waals surface area contributed by atoms with Gasteiger partial charge in [-0.25, -0.2) is 0 Å². The molecule has 5 rings (SSSR count). The SMILES string of the molecule is COc1cc2c(c(OC)c1OC)-c1ccc(NCCC(c3ccccc3)c3ccccc3)c(=O)cc1C(NC(C)=O)CC2. The van der Waals surface area contributed by atoms with E-state index < -0.39 is 0 Å². The molecule has 0 radical (unpaired) electrons. The number of anilines is 1. The molecule has 1 aliphatic carbocycles. The van der Waals surface area contributed by atoms with Crippen molar-refractivity contribution in [2.75, 3.05) is 33.2 Å². The molecule has 43 heavy (non-hydrogen) atoms. The second kappa shape index (κ2) is 13.5. The Morgan fingerprint density at radius 1 is 0.860 bits per heavy atom. The molecular weight excluding hydrogens is 540 g/mol. The number of amides is 1. The van der Waals surface area contributed by atoms with Gasteiger partial charge in [-0.3, -0.25) is 9.59 Å². The van der Waals surface area contributed by atoms with E-state index in [1.165, 1.54) is 18.1 Å². The third-order valence-electron chi connectivity index (χ3n) is 8.07. The summed E-state index contributed by atoms with van der Waals surface area (Å²) in [7, 11) is 4.76. The number of carbonyl (C=O) groups is 1. The summed E-state index contributed by atoms with van der Waals surface area (Å²) in [4.78, 5) is 25.9. The van der Waals surface area contributed by atoms with Crippen LogP contribution in [0.2, 0.25) is 0 Å². The number of benzene rings is 3. The normalized spacial score (nSPS) is 13.7. The first-order valence-corrected chi connectivity index (χ1v) is 14.6. The van der Waals surface area contributed by atoms with Crippen molar-refractivity contribution in [2.45, 2.75) is 38.1 Å². The van der Waals surface area contributed by atoms with Gasteiger partial charge >= 0.3 is 0 Å². The molecule has 7 nitrogen and oxygen atoms in total. The van der Waals surface area contributed by atoms with Gasteiger partial charge in [-0.1, -0.05) is 66.7 Å². The second-order valence-corrected chi connectivity index (χ2v) is 10.7. The van der Waals surface area contributed by atoms with Gasteiger partial charge in [0.1, 0.15) is 0 Å². The maximum absolute atomic E-state index is 13.7. The molecule has 1 amide bonds. The molecule has 0 bridgehead atoms. The van der Waals surface area contributed by atoms with Crippen LogP contribution in [0.5, 0.6) is 17.2 Å². The topological polar surface area (TPSA) is 85.9 Å². The van der Waals surface area contributed by atoms with Crippen LogP contribution in [-0.4, -0.2) is 33.8 Å². The van der Waals surface area contributed by atoms with Crippen LogP contribution in [0.3, 0.4) is 0 Å². The van der Waals surface area contributed by atoms with E-state index in [1.54, 1.807) is 27.4 Å². The summed E-state index contributed by atoms with van der Waals surface area (Å²) in [5.74, 6) is 1.60. The molecule has 1 unspecified atom stereocenters. The Morgan fingerprint density at radius 3 is 2.09 bits per heavy atom. The average Bonchev–Trinajstić information content (AvgIpc) is 3.27. The minimum Gasteiger partial charge on any atom is -0.493 e. The van der Waals surface area contributed by atoms with E-state index in [4.69, 9.17) is 14.2 Å². The number of aryl methyl sites for hydroxylation is 1. The van der Waals surface area contributed by atoms with Crippen molar-refractivity contribution in [2.24, 2.45) is 0 Å². The van der Waals surface area contributed by atoms with E-state index in [0.717, 1.165) is 28.7 Å². The highest BCUT2D eigenvalue weighted by Gasteiger charge is 2.29. The molecule has 1 atom stereocenters. The predicted octanol–water partition coefficient (Wildman–Crippen LogP) is 6.50. The van der Waals surface area contributed by atoms with Crippen molar-refractivity contribution in [3.05, 3.63) is 117 Å². The van der Waals surface area contributed by atoms with Crippen LogP contribution in [0, 0.1) is 0 Å². The first-order chi connectivity index (χ1) is 20.9. The highest BCUT2D eigenvalue weighted by Crippen LogP contribution is 2.50. The Bertz CT molecular complexity index is 1600. The minimum absolute atomic E-state index is 0.143. The van der Waals surface area contributed by atoms with Gasteiger partial charge in [0, 0.05) is 24.9 Å². The number of nitrogens with one attached hydrogen (secondary N) is 2. The van der Waals surface area contributed by atoms with Gasteiger partial charge in [0.05, 0.1) is 33.1 Å². The lowest BCUT2D eigenvalue weighted by Crippen LogP contribution is -2.26. The Morgan fingerprint density at radius 2 is 1.51 bits per heavy atom. The van der Waals surface area contributed by atoms with Crippen LogP contribution in [0.15, 0.2) is 89.7 Å². The number of fused-ring (bicyclic) bond motifs is 3. The van der Waals surface area contributed by atoms with Crippen molar-refractivity contribution in [1.29, 1.82) is 0 Å². The molecule has 0 aromatic heterocycles. The Balaban J connectivity index is 1.54. The first-order valence-electron chi connectivity index (χ1n) is 14.6. The lowest BCUT2D eigenvalue weighted by atomic mass is 9.88. The molecule has 0 fully saturated rings. The minimum atomic E-state index is -0.352. The van der Waals surface area contributed by atoms with E-state index in [2.05, 4.69) is 59.2 Å². The van der Waals surface area contributed by atoms with Gasteiger partial charge in [0.15, 0.2) is 11.5 Å². The van der Waals surface area contributed by atoms with E-state index in [0.29, 0.717) is 42.3 Å². The zero-order valence-electron chi connectivity index (χ0n) is 25.1. The van der Waals surface area contributed by atoms with Crippen LogP contribution in [0.1, 0.15) is 54.0 Å². The van der Waals surface area contributed by atoms with E-state index >= 15 is 0 Å². The predicted molar refractivity (Wildman–Crippen MR) is 171 cm³/mol. The molecule has 4 aromatic rings. The first kappa shape index (κ1) is 29.7. The molecular formula is C36H38N2O5. The van der Waals surface area contributed by atoms with Gasteiger partial charge in [-0.05, 0) is 65.3 Å². The molecule has 0 heterocycles. The zero-order chi connectivity index (χ0) is 30.3. The largest absolute Gasteiger partial charge is 0.493 e. The molecule has 0 saturated heterocycles. The lowest BCUT2D eigenvalue weighted by Gasteiger charge is -2.19. The summed E-state index contributed by atoms with van der Waals surface area (Å²) in [5, 5.41) is 6.48. The third kappa shape index (κ3) is 6.36. The van der Waals surface area contributed by atoms with Crippen LogP contribution in [0.25, 0.3) is 11.1 Å². The standard InChI is InChI=1S/C36H38N2O5/c1-23(39)38-30-17-15-26-21-33(41-2)35(42-3)36(43-4)34(26)28-16-18-31(32(40)22-29(28)30)37-20-19-27(24-11-7-5-8-12-24)25-13-9-6-10-14-25/h5-14,16,18,21-22,27,30H,15,17,19-20H2,1-4H3,(H,37,40)(H,38,39). The number of rotatable bonds is 10. The summed E-state index contributed by atoms with van der Waals surface area (Å²) in [6.45, 7) is 2.09. The van der Waals surface area contributed by atoms with Crippen molar-refractivity contribution in [1.82, 2.24) is 5.32 Å². The van der Waals surface area contributed by atoms with Crippen LogP contribution >= 0.6 is 0 Å². The van der Waals surface area contributed by atoms with Crippen molar-refractivity contribution >= 4 is 11.6 Å². The number of hydrogen-bond acceptors (Lipinski definition) is 6. The average molecular weight is 579 g/mol. The van der Waals surface area contributed by atoms with Crippen molar-refractivity contribution < 1.29 is 19.0 Å². The van der Waals surface area contributed by atoms with Crippen molar-refractivity contribution in [3.63, 3.8) is 0 Å². The monoisotopic (exact) mass is 578 g/mol. The molecule has 222 valence electrons. The summed E-state index contributed by atoms with van der Waals surface area (Å²) in [6.07, 6.45) is 2.06. The van der Waals surface area contributed by atoms with Gasteiger partial charge in [0.2, 0.25) is 17.1 Å². The van der Waals surface area contributed by atoms with E-state index in [1.807, 2.05) is 30.3 Å². The van der Waals surface area contributed by atoms with Crippen LogP contribution in [-0.2, 0) is 11.2 Å². The fraction of sp³-hybridized carbons (Fsp3) is 0.278. The van der Waals surface area contributed by atoms with E-state index in [-0.39, 0.29) is 23.3 Å². The van der Waals surface area contributed by atoms with Gasteiger partial charge < -0.3 is 24.8 Å². The number of ether oxygens (including phenoxy) is 3. The number of carbonyl (C=O) groups excluding carboxylic acids is 1. The zero-order valence-corrected chi connectivity index (χ0v) is 25.1. The quantitative estimate of drug-likeness (QED) is 0.224. The van der Waals surface area contributed by atoms with Crippen LogP contribution < -0.4 is 30.3 Å². The molecule has 0 saturated carbocycles. The second-order valence-electron chi connectivity index (χ2n) is 10.7.